The van der Waals surface area contributed by atoms with E-state index in [2.05, 4.69) is 4.98 Å². The quantitative estimate of drug-likeness (QED) is 0.842. The third-order valence-electron chi connectivity index (χ3n) is 2.82. The molecule has 0 spiro atoms. The normalized spacial score (nSPS) is 12.4. The van der Waals surface area contributed by atoms with Gasteiger partial charge in [-0.15, -0.1) is 0 Å². The van der Waals surface area contributed by atoms with Crippen molar-refractivity contribution in [1.82, 2.24) is 4.98 Å². The van der Waals surface area contributed by atoms with Crippen LogP contribution in [0.25, 0.3) is 11.3 Å². The summed E-state index contributed by atoms with van der Waals surface area (Å²) >= 11 is 5.56. The van der Waals surface area contributed by atoms with Gasteiger partial charge in [0.05, 0.1) is 22.0 Å². The molecule has 0 fully saturated rings. The van der Waals surface area contributed by atoms with Crippen molar-refractivity contribution in [2.45, 2.75) is 11.9 Å². The Morgan fingerprint density at radius 3 is 2.36 bits per heavy atom. The number of sulfone groups is 1. The average molecular weight is 350 g/mol. The summed E-state index contributed by atoms with van der Waals surface area (Å²) in [4.78, 5) is 4.01. The molecule has 1 heterocycles. The summed E-state index contributed by atoms with van der Waals surface area (Å²) < 4.78 is 60.8. The zero-order chi connectivity index (χ0) is 16.5. The topological polar surface area (TPSA) is 47.0 Å². The lowest BCUT2D eigenvalue weighted by Crippen LogP contribution is -2.06. The molecule has 0 saturated heterocycles. The lowest BCUT2D eigenvalue weighted by molar-refractivity contribution is -0.137. The molecule has 3 nitrogen and oxygen atoms in total. The van der Waals surface area contributed by atoms with Crippen molar-refractivity contribution in [1.29, 1.82) is 0 Å². The Morgan fingerprint density at radius 1 is 1.18 bits per heavy atom. The van der Waals surface area contributed by atoms with Crippen LogP contribution >= 0.6 is 11.6 Å². The number of pyridine rings is 1. The Morgan fingerprint density at radius 2 is 1.86 bits per heavy atom. The van der Waals surface area contributed by atoms with E-state index in [9.17, 15) is 21.6 Å². The van der Waals surface area contributed by atoms with Crippen LogP contribution in [-0.4, -0.2) is 19.7 Å². The van der Waals surface area contributed by atoms with Crippen LogP contribution in [0.2, 0.25) is 5.02 Å². The van der Waals surface area contributed by atoms with Gasteiger partial charge < -0.3 is 0 Å². The molecule has 0 aliphatic rings. The second kappa shape index (κ2) is 5.89. The SMILES string of the molecule is CS(=O)(=O)Cc1ccc(-c2ccc(Cl)c(C(F)(F)F)c2)nc1. The summed E-state index contributed by atoms with van der Waals surface area (Å²) in [6, 6.07) is 6.50. The van der Waals surface area contributed by atoms with Crippen LogP contribution in [0.15, 0.2) is 36.5 Å². The minimum absolute atomic E-state index is 0.172. The molecule has 0 aliphatic heterocycles. The first-order valence-electron chi connectivity index (χ1n) is 6.06. The molecule has 8 heteroatoms. The maximum absolute atomic E-state index is 12.8. The lowest BCUT2D eigenvalue weighted by Gasteiger charge is -2.11. The Hall–Kier alpha value is -1.60. The minimum Gasteiger partial charge on any atom is -0.256 e. The molecular weight excluding hydrogens is 339 g/mol. The van der Waals surface area contributed by atoms with Gasteiger partial charge in [-0.3, -0.25) is 4.98 Å². The van der Waals surface area contributed by atoms with Gasteiger partial charge in [0, 0.05) is 18.0 Å². The molecule has 0 aliphatic carbocycles. The number of hydrogen-bond donors (Lipinski definition) is 0. The summed E-state index contributed by atoms with van der Waals surface area (Å²) in [5.41, 5.74) is 0.0898. The van der Waals surface area contributed by atoms with Crippen LogP contribution < -0.4 is 0 Å². The van der Waals surface area contributed by atoms with Gasteiger partial charge >= 0.3 is 6.18 Å². The number of benzene rings is 1. The molecule has 0 atom stereocenters. The molecular formula is C14H11ClF3NO2S. The molecule has 2 aromatic rings. The van der Waals surface area contributed by atoms with E-state index in [1.165, 1.54) is 24.4 Å². The third-order valence-corrected chi connectivity index (χ3v) is 4.01. The van der Waals surface area contributed by atoms with E-state index in [1.807, 2.05) is 0 Å². The standard InChI is InChI=1S/C14H11ClF3NO2S/c1-22(20,21)8-9-2-5-13(19-7-9)10-3-4-12(15)11(6-10)14(16,17)18/h2-7H,8H2,1H3. The second-order valence-electron chi connectivity index (χ2n) is 4.81. The Bertz CT molecular complexity index is 787. The van der Waals surface area contributed by atoms with Gasteiger partial charge in [0.15, 0.2) is 9.84 Å². The Kier molecular flexibility index (Phi) is 4.49. The highest BCUT2D eigenvalue weighted by Gasteiger charge is 2.33. The van der Waals surface area contributed by atoms with E-state index in [1.54, 1.807) is 0 Å². The predicted octanol–water partition coefficient (Wildman–Crippen LogP) is 3.97. The van der Waals surface area contributed by atoms with Crippen LogP contribution in [-0.2, 0) is 21.8 Å². The fraction of sp³-hybridized carbons (Fsp3) is 0.214. The van der Waals surface area contributed by atoms with E-state index in [0.29, 0.717) is 11.3 Å². The molecule has 1 aromatic carbocycles. The van der Waals surface area contributed by atoms with Gasteiger partial charge in [-0.25, -0.2) is 8.42 Å². The smallest absolute Gasteiger partial charge is 0.256 e. The maximum Gasteiger partial charge on any atom is 0.417 e. The molecule has 0 amide bonds. The molecule has 118 valence electrons. The first-order valence-corrected chi connectivity index (χ1v) is 8.50. The highest BCUT2D eigenvalue weighted by Crippen LogP contribution is 2.36. The fourth-order valence-electron chi connectivity index (χ4n) is 1.89. The monoisotopic (exact) mass is 349 g/mol. The van der Waals surface area contributed by atoms with E-state index < -0.39 is 21.6 Å². The predicted molar refractivity (Wildman–Crippen MR) is 78.2 cm³/mol. The van der Waals surface area contributed by atoms with Crippen molar-refractivity contribution in [3.8, 4) is 11.3 Å². The van der Waals surface area contributed by atoms with Crippen LogP contribution in [0.5, 0.6) is 0 Å². The van der Waals surface area contributed by atoms with Gasteiger partial charge in [0.2, 0.25) is 0 Å². The van der Waals surface area contributed by atoms with Gasteiger partial charge in [-0.05, 0) is 23.8 Å². The summed E-state index contributed by atoms with van der Waals surface area (Å²) in [7, 11) is -3.19. The maximum atomic E-state index is 12.8. The number of nitrogens with zero attached hydrogens (tertiary/aromatic N) is 1. The van der Waals surface area contributed by atoms with Gasteiger partial charge in [0.1, 0.15) is 0 Å². The summed E-state index contributed by atoms with van der Waals surface area (Å²) in [5.74, 6) is -0.172. The highest BCUT2D eigenvalue weighted by atomic mass is 35.5. The first-order chi connectivity index (χ1) is 10.1. The van der Waals surface area contributed by atoms with Gasteiger partial charge in [-0.1, -0.05) is 23.7 Å². The van der Waals surface area contributed by atoms with Crippen LogP contribution in [0.3, 0.4) is 0 Å². The van der Waals surface area contributed by atoms with Gasteiger partial charge in [-0.2, -0.15) is 13.2 Å². The van der Waals surface area contributed by atoms with Crippen LogP contribution in [0, 0.1) is 0 Å². The summed E-state index contributed by atoms with van der Waals surface area (Å²) in [6.07, 6.45) is -2.13. The average Bonchev–Trinajstić information content (AvgIpc) is 2.37. The number of halogens is 4. The second-order valence-corrected chi connectivity index (χ2v) is 7.36. The Balaban J connectivity index is 2.37. The van der Waals surface area contributed by atoms with Crippen molar-refractivity contribution in [2.75, 3.05) is 6.26 Å². The molecule has 22 heavy (non-hydrogen) atoms. The van der Waals surface area contributed by atoms with Crippen molar-refractivity contribution in [3.63, 3.8) is 0 Å². The van der Waals surface area contributed by atoms with E-state index in [4.69, 9.17) is 11.6 Å². The minimum atomic E-state index is -4.55. The molecule has 0 radical (unpaired) electrons. The van der Waals surface area contributed by atoms with Crippen molar-refractivity contribution in [2.24, 2.45) is 0 Å². The fourth-order valence-corrected chi connectivity index (χ4v) is 2.89. The molecule has 0 bridgehead atoms. The Labute approximate surface area is 130 Å². The van der Waals surface area contributed by atoms with Gasteiger partial charge in [0.25, 0.3) is 0 Å². The molecule has 0 N–H and O–H groups in total. The largest absolute Gasteiger partial charge is 0.417 e. The van der Waals surface area contributed by atoms with Crippen LogP contribution in [0.4, 0.5) is 13.2 Å². The molecule has 0 saturated carbocycles. The highest BCUT2D eigenvalue weighted by molar-refractivity contribution is 7.89. The lowest BCUT2D eigenvalue weighted by atomic mass is 10.1. The van der Waals surface area contributed by atoms with Crippen molar-refractivity contribution in [3.05, 3.63) is 52.7 Å². The number of aromatic nitrogens is 1. The van der Waals surface area contributed by atoms with E-state index >= 15 is 0 Å². The number of alkyl halides is 3. The number of hydrogen-bond acceptors (Lipinski definition) is 3. The van der Waals surface area contributed by atoms with Crippen LogP contribution in [0.1, 0.15) is 11.1 Å². The third kappa shape index (κ3) is 4.20. The van der Waals surface area contributed by atoms with Crippen molar-refractivity contribution < 1.29 is 21.6 Å². The zero-order valence-corrected chi connectivity index (χ0v) is 12.9. The van der Waals surface area contributed by atoms with Crippen molar-refractivity contribution >= 4 is 21.4 Å². The summed E-state index contributed by atoms with van der Waals surface area (Å²) in [6.45, 7) is 0. The molecule has 1 aromatic heterocycles. The summed E-state index contributed by atoms with van der Waals surface area (Å²) in [5, 5.41) is -0.384. The van der Waals surface area contributed by atoms with E-state index in [-0.39, 0.29) is 16.3 Å². The molecule has 2 rings (SSSR count). The molecule has 0 unspecified atom stereocenters. The number of rotatable bonds is 3. The van der Waals surface area contributed by atoms with E-state index in [0.717, 1.165) is 18.4 Å². The zero-order valence-electron chi connectivity index (χ0n) is 11.4. The first kappa shape index (κ1) is 16.8.